The molecule has 2 heterocycles. The smallest absolute Gasteiger partial charge is 0.257 e. The average molecular weight is 481 g/mol. The van der Waals surface area contributed by atoms with E-state index in [2.05, 4.69) is 43.3 Å². The molecule has 4 rings (SSSR count). The molecule has 1 N–H and O–H groups in total. The number of fused-ring (bicyclic) bond motifs is 1. The summed E-state index contributed by atoms with van der Waals surface area (Å²) in [6.45, 7) is 4.45. The van der Waals surface area contributed by atoms with E-state index in [-0.39, 0.29) is 18.0 Å². The molecular formula is C24H25BrN4O2. The highest BCUT2D eigenvalue weighted by atomic mass is 79.9. The molecule has 0 radical (unpaired) electrons. The van der Waals surface area contributed by atoms with Crippen LogP contribution in [-0.4, -0.2) is 26.9 Å². The van der Waals surface area contributed by atoms with Crippen molar-refractivity contribution in [2.75, 3.05) is 6.54 Å². The molecule has 0 bridgehead atoms. The maximum absolute atomic E-state index is 13.1. The number of rotatable bonds is 6. The molecular weight excluding hydrogens is 456 g/mol. The summed E-state index contributed by atoms with van der Waals surface area (Å²) in [6.07, 6.45) is 0.646. The van der Waals surface area contributed by atoms with E-state index in [1.54, 1.807) is 6.92 Å². The summed E-state index contributed by atoms with van der Waals surface area (Å²) in [5, 5.41) is 2.89. The average Bonchev–Trinajstić information content (AvgIpc) is 2.76. The number of amides is 1. The molecule has 0 atom stereocenters. The number of hydrogen-bond donors (Lipinski definition) is 1. The van der Waals surface area contributed by atoms with E-state index in [0.717, 1.165) is 34.4 Å². The van der Waals surface area contributed by atoms with E-state index in [1.165, 1.54) is 10.1 Å². The van der Waals surface area contributed by atoms with Crippen molar-refractivity contribution in [3.05, 3.63) is 97.6 Å². The van der Waals surface area contributed by atoms with Crippen molar-refractivity contribution >= 4 is 21.8 Å². The summed E-state index contributed by atoms with van der Waals surface area (Å²) in [7, 11) is 0. The minimum Gasteiger partial charge on any atom is -0.350 e. The van der Waals surface area contributed by atoms with Gasteiger partial charge in [0.25, 0.3) is 5.56 Å². The van der Waals surface area contributed by atoms with Crippen LogP contribution in [-0.2, 0) is 37.4 Å². The highest BCUT2D eigenvalue weighted by Gasteiger charge is 2.23. The van der Waals surface area contributed by atoms with Gasteiger partial charge in [-0.05, 0) is 30.5 Å². The monoisotopic (exact) mass is 480 g/mol. The molecule has 6 nitrogen and oxygen atoms in total. The van der Waals surface area contributed by atoms with Crippen molar-refractivity contribution < 1.29 is 4.79 Å². The zero-order chi connectivity index (χ0) is 21.8. The Balaban J connectivity index is 1.44. The number of aryl methyl sites for hydroxylation is 1. The van der Waals surface area contributed by atoms with Gasteiger partial charge in [-0.15, -0.1) is 0 Å². The second-order valence-electron chi connectivity index (χ2n) is 7.79. The highest BCUT2D eigenvalue weighted by molar-refractivity contribution is 9.10. The van der Waals surface area contributed by atoms with Crippen LogP contribution in [0.1, 0.15) is 28.2 Å². The Morgan fingerprint density at radius 3 is 2.65 bits per heavy atom. The Bertz CT molecular complexity index is 1140. The molecule has 0 saturated carbocycles. The number of benzene rings is 2. The Morgan fingerprint density at radius 1 is 1.13 bits per heavy atom. The molecule has 1 aromatic heterocycles. The zero-order valence-corrected chi connectivity index (χ0v) is 19.1. The van der Waals surface area contributed by atoms with Crippen LogP contribution in [0.15, 0.2) is 63.9 Å². The van der Waals surface area contributed by atoms with E-state index in [0.29, 0.717) is 25.3 Å². The van der Waals surface area contributed by atoms with Crippen molar-refractivity contribution in [2.24, 2.45) is 0 Å². The largest absolute Gasteiger partial charge is 0.350 e. The Kier molecular flexibility index (Phi) is 6.63. The maximum Gasteiger partial charge on any atom is 0.257 e. The van der Waals surface area contributed by atoms with E-state index in [9.17, 15) is 9.59 Å². The van der Waals surface area contributed by atoms with Crippen LogP contribution < -0.4 is 10.9 Å². The molecule has 1 aliphatic rings. The van der Waals surface area contributed by atoms with Crippen LogP contribution in [0.25, 0.3) is 0 Å². The third-order valence-electron chi connectivity index (χ3n) is 5.58. The lowest BCUT2D eigenvalue weighted by Gasteiger charge is -2.28. The number of nitrogens with one attached hydrogen (secondary N) is 1. The summed E-state index contributed by atoms with van der Waals surface area (Å²) in [4.78, 5) is 32.6. The van der Waals surface area contributed by atoms with Gasteiger partial charge in [0.1, 0.15) is 12.4 Å². The van der Waals surface area contributed by atoms with Gasteiger partial charge in [-0.3, -0.25) is 19.1 Å². The topological polar surface area (TPSA) is 67.2 Å². The second-order valence-corrected chi connectivity index (χ2v) is 8.64. The van der Waals surface area contributed by atoms with Crippen LogP contribution >= 0.6 is 15.9 Å². The normalized spacial score (nSPS) is 13.6. The third kappa shape index (κ3) is 5.11. The maximum atomic E-state index is 13.1. The van der Waals surface area contributed by atoms with Crippen LogP contribution in [0.3, 0.4) is 0 Å². The Morgan fingerprint density at radius 2 is 1.87 bits per heavy atom. The van der Waals surface area contributed by atoms with Crippen molar-refractivity contribution in [3.8, 4) is 0 Å². The molecule has 2 aromatic carbocycles. The first-order valence-electron chi connectivity index (χ1n) is 10.4. The van der Waals surface area contributed by atoms with E-state index >= 15 is 0 Å². The SMILES string of the molecule is Cc1nc2c(c(=O)n1CC(=O)NCc1ccccc1Br)CCN(Cc1ccccc1)C2. The van der Waals surface area contributed by atoms with Crippen LogP contribution in [0.2, 0.25) is 0 Å². The highest BCUT2D eigenvalue weighted by Crippen LogP contribution is 2.17. The lowest BCUT2D eigenvalue weighted by atomic mass is 10.1. The fourth-order valence-corrected chi connectivity index (χ4v) is 4.32. The molecule has 31 heavy (non-hydrogen) atoms. The van der Waals surface area contributed by atoms with Gasteiger partial charge in [0.05, 0.1) is 5.69 Å². The summed E-state index contributed by atoms with van der Waals surface area (Å²) < 4.78 is 2.43. The molecule has 0 unspecified atom stereocenters. The molecule has 160 valence electrons. The molecule has 0 spiro atoms. The van der Waals surface area contributed by atoms with Gasteiger partial charge in [0.15, 0.2) is 0 Å². The van der Waals surface area contributed by atoms with Gasteiger partial charge in [-0.25, -0.2) is 4.98 Å². The van der Waals surface area contributed by atoms with E-state index in [4.69, 9.17) is 0 Å². The predicted molar refractivity (Wildman–Crippen MR) is 123 cm³/mol. The van der Waals surface area contributed by atoms with Crippen LogP contribution in [0.4, 0.5) is 0 Å². The van der Waals surface area contributed by atoms with Gasteiger partial charge in [-0.1, -0.05) is 64.5 Å². The molecule has 0 saturated heterocycles. The minimum absolute atomic E-state index is 0.0247. The number of hydrogen-bond acceptors (Lipinski definition) is 4. The number of aromatic nitrogens is 2. The first-order valence-corrected chi connectivity index (χ1v) is 11.2. The second kappa shape index (κ2) is 9.58. The van der Waals surface area contributed by atoms with Crippen molar-refractivity contribution in [3.63, 3.8) is 0 Å². The summed E-state index contributed by atoms with van der Waals surface area (Å²) in [5.74, 6) is 0.366. The standard InChI is InChI=1S/C24H25BrN4O2/c1-17-27-22-15-28(14-18-7-3-2-4-8-18)12-11-20(22)24(31)29(17)16-23(30)26-13-19-9-5-6-10-21(19)25/h2-10H,11-16H2,1H3,(H,26,30). The van der Waals surface area contributed by atoms with Crippen molar-refractivity contribution in [2.45, 2.75) is 39.5 Å². The number of nitrogens with zero attached hydrogens (tertiary/aromatic N) is 3. The summed E-state index contributed by atoms with van der Waals surface area (Å²) >= 11 is 3.48. The van der Waals surface area contributed by atoms with Gasteiger partial charge in [0, 0.05) is 36.2 Å². The van der Waals surface area contributed by atoms with Gasteiger partial charge < -0.3 is 5.32 Å². The zero-order valence-electron chi connectivity index (χ0n) is 17.5. The van der Waals surface area contributed by atoms with Crippen LogP contribution in [0, 0.1) is 6.92 Å². The number of carbonyl (C=O) groups is 1. The molecule has 1 amide bonds. The molecule has 7 heteroatoms. The summed E-state index contributed by atoms with van der Waals surface area (Å²) in [6, 6.07) is 18.0. The van der Waals surface area contributed by atoms with E-state index in [1.807, 2.05) is 42.5 Å². The minimum atomic E-state index is -0.204. The first kappa shape index (κ1) is 21.5. The number of carbonyl (C=O) groups excluding carboxylic acids is 1. The van der Waals surface area contributed by atoms with Crippen molar-refractivity contribution in [1.82, 2.24) is 19.8 Å². The lowest BCUT2D eigenvalue weighted by Crippen LogP contribution is -2.40. The van der Waals surface area contributed by atoms with Gasteiger partial charge >= 0.3 is 0 Å². The van der Waals surface area contributed by atoms with Gasteiger partial charge in [0.2, 0.25) is 5.91 Å². The quantitative estimate of drug-likeness (QED) is 0.588. The summed E-state index contributed by atoms with van der Waals surface area (Å²) in [5.41, 5.74) is 3.70. The molecule has 0 fully saturated rings. The van der Waals surface area contributed by atoms with Crippen molar-refractivity contribution in [1.29, 1.82) is 0 Å². The Hall–Kier alpha value is -2.77. The van der Waals surface area contributed by atoms with Gasteiger partial charge in [-0.2, -0.15) is 0 Å². The number of halogens is 1. The molecule has 1 aliphatic heterocycles. The Labute approximate surface area is 190 Å². The first-order chi connectivity index (χ1) is 15.0. The molecule has 0 aliphatic carbocycles. The lowest BCUT2D eigenvalue weighted by molar-refractivity contribution is -0.121. The predicted octanol–water partition coefficient (Wildman–Crippen LogP) is 3.19. The third-order valence-corrected chi connectivity index (χ3v) is 6.35. The fraction of sp³-hybridized carbons (Fsp3) is 0.292. The molecule has 3 aromatic rings. The fourth-order valence-electron chi connectivity index (χ4n) is 3.90. The van der Waals surface area contributed by atoms with E-state index < -0.39 is 0 Å². The van der Waals surface area contributed by atoms with Crippen LogP contribution in [0.5, 0.6) is 0 Å².